The van der Waals surface area contributed by atoms with Crippen molar-refractivity contribution in [1.29, 1.82) is 0 Å². The predicted molar refractivity (Wildman–Crippen MR) is 65.0 cm³/mol. The number of hydrogen-bond donors (Lipinski definition) is 1. The van der Waals surface area contributed by atoms with Crippen LogP contribution in [-0.2, 0) is 14.8 Å². The van der Waals surface area contributed by atoms with E-state index in [9.17, 15) is 17.2 Å². The molecule has 20 heavy (non-hydrogen) atoms. The zero-order valence-electron chi connectivity index (χ0n) is 10.5. The van der Waals surface area contributed by atoms with Crippen LogP contribution in [0.1, 0.15) is 12.8 Å². The van der Waals surface area contributed by atoms with Crippen molar-refractivity contribution < 1.29 is 26.7 Å². The zero-order valence-corrected chi connectivity index (χ0v) is 11.3. The van der Waals surface area contributed by atoms with Crippen LogP contribution < -0.4 is 9.88 Å². The first-order chi connectivity index (χ1) is 9.30. The maximum atomic E-state index is 14.2. The minimum atomic E-state index is -4.04. The number of ether oxygens (including phenoxy) is 2. The molecule has 0 spiro atoms. The quantitative estimate of drug-likeness (QED) is 0.887. The summed E-state index contributed by atoms with van der Waals surface area (Å²) in [4.78, 5) is 3.04. The Kier molecular flexibility index (Phi) is 4.21. The second-order valence-corrected chi connectivity index (χ2v) is 6.12. The molecule has 0 radical (unpaired) electrons. The Morgan fingerprint density at radius 3 is 2.65 bits per heavy atom. The number of primary sulfonamides is 1. The average molecular weight is 308 g/mol. The SMILES string of the molecule is NS(=O)(=O)c1cnc(OCC2(F)CCOCC2)c(F)c1. The molecule has 112 valence electrons. The van der Waals surface area contributed by atoms with Crippen LogP contribution >= 0.6 is 0 Å². The lowest BCUT2D eigenvalue weighted by molar-refractivity contribution is -0.0337. The Balaban J connectivity index is 2.07. The van der Waals surface area contributed by atoms with Crippen LogP contribution in [0.25, 0.3) is 0 Å². The fourth-order valence-corrected chi connectivity index (χ4v) is 2.22. The number of aromatic nitrogens is 1. The van der Waals surface area contributed by atoms with Gasteiger partial charge in [-0.15, -0.1) is 0 Å². The van der Waals surface area contributed by atoms with E-state index in [1.165, 1.54) is 0 Å². The van der Waals surface area contributed by atoms with Crippen LogP contribution in [0.5, 0.6) is 5.88 Å². The molecule has 1 aromatic rings. The summed E-state index contributed by atoms with van der Waals surface area (Å²) in [5.41, 5.74) is -1.59. The highest BCUT2D eigenvalue weighted by molar-refractivity contribution is 7.89. The van der Waals surface area contributed by atoms with Crippen molar-refractivity contribution in [3.05, 3.63) is 18.1 Å². The fraction of sp³-hybridized carbons (Fsp3) is 0.545. The summed E-state index contributed by atoms with van der Waals surface area (Å²) in [6, 6.07) is 0.687. The van der Waals surface area contributed by atoms with E-state index in [1.54, 1.807) is 0 Å². The van der Waals surface area contributed by atoms with Gasteiger partial charge in [-0.1, -0.05) is 0 Å². The van der Waals surface area contributed by atoms with Gasteiger partial charge in [-0.2, -0.15) is 0 Å². The standard InChI is InChI=1S/C11H14F2N2O4S/c12-9-5-8(20(14,16)17)6-15-10(9)19-7-11(13)1-3-18-4-2-11/h5-6H,1-4,7H2,(H2,14,16,17). The topological polar surface area (TPSA) is 91.5 Å². The third-order valence-electron chi connectivity index (χ3n) is 2.97. The van der Waals surface area contributed by atoms with Crippen LogP contribution in [-0.4, -0.2) is 38.9 Å². The lowest BCUT2D eigenvalue weighted by Gasteiger charge is -2.28. The second kappa shape index (κ2) is 5.58. The van der Waals surface area contributed by atoms with Gasteiger partial charge in [0.1, 0.15) is 17.2 Å². The molecule has 2 N–H and O–H groups in total. The summed E-state index contributed by atoms with van der Waals surface area (Å²) in [5.74, 6) is -1.46. The molecule has 1 fully saturated rings. The van der Waals surface area contributed by atoms with Gasteiger partial charge in [0.15, 0.2) is 5.82 Å². The minimum Gasteiger partial charge on any atom is -0.472 e. The van der Waals surface area contributed by atoms with E-state index in [4.69, 9.17) is 14.6 Å². The van der Waals surface area contributed by atoms with Crippen LogP contribution in [0.15, 0.2) is 17.2 Å². The van der Waals surface area contributed by atoms with Gasteiger partial charge in [-0.3, -0.25) is 0 Å². The molecule has 0 aliphatic carbocycles. The molecule has 2 rings (SSSR count). The predicted octanol–water partition coefficient (Wildman–Crippen LogP) is 0.766. The summed E-state index contributed by atoms with van der Waals surface area (Å²) in [5, 5.41) is 4.84. The van der Waals surface area contributed by atoms with Crippen molar-refractivity contribution in [2.45, 2.75) is 23.4 Å². The van der Waals surface area contributed by atoms with Crippen molar-refractivity contribution in [3.63, 3.8) is 0 Å². The number of rotatable bonds is 4. The van der Waals surface area contributed by atoms with E-state index in [0.29, 0.717) is 6.07 Å². The highest BCUT2D eigenvalue weighted by atomic mass is 32.2. The number of sulfonamides is 1. The molecule has 9 heteroatoms. The van der Waals surface area contributed by atoms with Gasteiger partial charge in [0.05, 0.1) is 6.20 Å². The molecule has 1 saturated heterocycles. The highest BCUT2D eigenvalue weighted by Gasteiger charge is 2.33. The number of alkyl halides is 1. The smallest absolute Gasteiger partial charge is 0.250 e. The molecule has 1 aliphatic rings. The first kappa shape index (κ1) is 15.1. The molecule has 1 aliphatic heterocycles. The maximum Gasteiger partial charge on any atom is 0.250 e. The Labute approximate surface area is 114 Å². The number of nitrogens with zero attached hydrogens (tertiary/aromatic N) is 1. The van der Waals surface area contributed by atoms with Gasteiger partial charge < -0.3 is 9.47 Å². The highest BCUT2D eigenvalue weighted by Crippen LogP contribution is 2.27. The van der Waals surface area contributed by atoms with Crippen molar-refractivity contribution >= 4 is 10.0 Å². The summed E-state index contributed by atoms with van der Waals surface area (Å²) in [7, 11) is -4.04. The van der Waals surface area contributed by atoms with Crippen molar-refractivity contribution in [1.82, 2.24) is 4.98 Å². The molecule has 0 saturated carbocycles. The van der Waals surface area contributed by atoms with E-state index >= 15 is 0 Å². The average Bonchev–Trinajstić information content (AvgIpc) is 2.37. The molecular formula is C11H14F2N2O4S. The number of nitrogens with two attached hydrogens (primary N) is 1. The minimum absolute atomic E-state index is 0.157. The van der Waals surface area contributed by atoms with Gasteiger partial charge >= 0.3 is 0 Å². The first-order valence-electron chi connectivity index (χ1n) is 5.88. The molecule has 0 atom stereocenters. The third kappa shape index (κ3) is 3.62. The summed E-state index contributed by atoms with van der Waals surface area (Å²) in [6.07, 6.45) is 1.18. The fourth-order valence-electron chi connectivity index (χ4n) is 1.75. The lowest BCUT2D eigenvalue weighted by atomic mass is 9.98. The Morgan fingerprint density at radius 2 is 2.10 bits per heavy atom. The maximum absolute atomic E-state index is 14.2. The van der Waals surface area contributed by atoms with Crippen LogP contribution in [0.4, 0.5) is 8.78 Å². The van der Waals surface area contributed by atoms with Gasteiger partial charge in [-0.25, -0.2) is 27.3 Å². The Hall–Kier alpha value is -1.32. The third-order valence-corrected chi connectivity index (χ3v) is 3.85. The Morgan fingerprint density at radius 1 is 1.45 bits per heavy atom. The molecule has 2 heterocycles. The number of pyridine rings is 1. The van der Waals surface area contributed by atoms with E-state index in [-0.39, 0.29) is 32.7 Å². The molecule has 0 amide bonds. The first-order valence-corrected chi connectivity index (χ1v) is 7.43. The molecular weight excluding hydrogens is 294 g/mol. The number of halogens is 2. The van der Waals surface area contributed by atoms with E-state index < -0.39 is 32.3 Å². The number of hydrogen-bond acceptors (Lipinski definition) is 5. The van der Waals surface area contributed by atoms with Gasteiger partial charge in [0, 0.05) is 32.1 Å². The van der Waals surface area contributed by atoms with Gasteiger partial charge in [-0.05, 0) is 0 Å². The summed E-state index contributed by atoms with van der Waals surface area (Å²) < 4.78 is 59.8. The van der Waals surface area contributed by atoms with E-state index in [1.807, 2.05) is 0 Å². The molecule has 1 aromatic heterocycles. The van der Waals surface area contributed by atoms with Crippen molar-refractivity contribution in [2.75, 3.05) is 19.8 Å². The van der Waals surface area contributed by atoms with Crippen LogP contribution in [0, 0.1) is 5.82 Å². The van der Waals surface area contributed by atoms with Crippen LogP contribution in [0.2, 0.25) is 0 Å². The van der Waals surface area contributed by atoms with E-state index in [2.05, 4.69) is 4.98 Å². The largest absolute Gasteiger partial charge is 0.472 e. The second-order valence-electron chi connectivity index (χ2n) is 4.55. The monoisotopic (exact) mass is 308 g/mol. The molecule has 0 unspecified atom stereocenters. The van der Waals surface area contributed by atoms with Crippen molar-refractivity contribution in [2.24, 2.45) is 5.14 Å². The zero-order chi connectivity index (χ0) is 14.8. The molecule has 0 bridgehead atoms. The Bertz CT molecular complexity index is 588. The normalized spacial score (nSPS) is 18.8. The van der Waals surface area contributed by atoms with Gasteiger partial charge in [0.25, 0.3) is 5.88 Å². The summed E-state index contributed by atoms with van der Waals surface area (Å²) >= 11 is 0. The van der Waals surface area contributed by atoms with E-state index in [0.717, 1.165) is 6.20 Å². The van der Waals surface area contributed by atoms with Gasteiger partial charge in [0.2, 0.25) is 10.0 Å². The van der Waals surface area contributed by atoms with Crippen LogP contribution in [0.3, 0.4) is 0 Å². The molecule has 6 nitrogen and oxygen atoms in total. The van der Waals surface area contributed by atoms with Crippen molar-refractivity contribution in [3.8, 4) is 5.88 Å². The summed E-state index contributed by atoms with van der Waals surface area (Å²) in [6.45, 7) is 0.190. The lowest BCUT2D eigenvalue weighted by Crippen LogP contribution is -2.37. The molecule has 0 aromatic carbocycles.